The number of aryl methyl sites for hydroxylation is 4. The maximum absolute atomic E-state index is 13.1. The van der Waals surface area contributed by atoms with E-state index >= 15 is 0 Å². The molecule has 2 heterocycles. The van der Waals surface area contributed by atoms with Crippen LogP contribution in [0.1, 0.15) is 46.7 Å². The summed E-state index contributed by atoms with van der Waals surface area (Å²) in [5, 5.41) is 1.28. The molecule has 1 fully saturated rings. The number of benzene rings is 2. The second-order valence-corrected chi connectivity index (χ2v) is 10.1. The number of H-pyrrole nitrogens is 1. The molecule has 148 valence electrons. The lowest BCUT2D eigenvalue weighted by molar-refractivity contribution is 0.316. The monoisotopic (exact) mass is 396 g/mol. The summed E-state index contributed by atoms with van der Waals surface area (Å²) in [5.41, 5.74) is 6.90. The van der Waals surface area contributed by atoms with Crippen LogP contribution in [0.5, 0.6) is 0 Å². The van der Waals surface area contributed by atoms with Crippen molar-refractivity contribution in [3.63, 3.8) is 0 Å². The van der Waals surface area contributed by atoms with Gasteiger partial charge in [0.25, 0.3) is 0 Å². The fraction of sp³-hybridized carbons (Fsp3) is 0.391. The van der Waals surface area contributed by atoms with Gasteiger partial charge < -0.3 is 4.98 Å². The smallest absolute Gasteiger partial charge is 0.243 e. The van der Waals surface area contributed by atoms with Crippen molar-refractivity contribution in [2.45, 2.75) is 51.3 Å². The molecule has 0 aliphatic carbocycles. The van der Waals surface area contributed by atoms with Gasteiger partial charge in [0, 0.05) is 35.6 Å². The quantitative estimate of drug-likeness (QED) is 0.679. The average Bonchev–Trinajstić information content (AvgIpc) is 2.98. The predicted octanol–water partition coefficient (Wildman–Crippen LogP) is 4.97. The van der Waals surface area contributed by atoms with Gasteiger partial charge in [0.1, 0.15) is 0 Å². The lowest BCUT2D eigenvalue weighted by Gasteiger charge is -2.31. The van der Waals surface area contributed by atoms with Crippen LogP contribution in [0.25, 0.3) is 10.9 Å². The van der Waals surface area contributed by atoms with Crippen molar-refractivity contribution in [3.05, 3.63) is 64.3 Å². The zero-order valence-corrected chi connectivity index (χ0v) is 17.9. The molecule has 4 nitrogen and oxygen atoms in total. The van der Waals surface area contributed by atoms with Gasteiger partial charge in [-0.05, 0) is 69.9 Å². The SMILES string of the molecule is Cc1ccc(S(=O)(=O)N2CCC(c3[nH]c4ccc(C)cc4c3C)CC2)c(C)c1. The van der Waals surface area contributed by atoms with E-state index in [9.17, 15) is 8.42 Å². The Hall–Kier alpha value is -2.11. The average molecular weight is 397 g/mol. The van der Waals surface area contributed by atoms with E-state index in [1.54, 1.807) is 10.4 Å². The minimum Gasteiger partial charge on any atom is -0.358 e. The first-order valence-corrected chi connectivity index (χ1v) is 11.4. The van der Waals surface area contributed by atoms with Gasteiger partial charge in [-0.15, -0.1) is 0 Å². The van der Waals surface area contributed by atoms with Crippen molar-refractivity contribution in [1.29, 1.82) is 0 Å². The number of nitrogens with zero attached hydrogens (tertiary/aromatic N) is 1. The van der Waals surface area contributed by atoms with E-state index in [-0.39, 0.29) is 0 Å². The fourth-order valence-corrected chi connectivity index (χ4v) is 6.16. The Morgan fingerprint density at radius 3 is 2.25 bits per heavy atom. The molecule has 0 spiro atoms. The van der Waals surface area contributed by atoms with Crippen LogP contribution in [0.2, 0.25) is 0 Å². The molecule has 5 heteroatoms. The minimum absolute atomic E-state index is 0.373. The third kappa shape index (κ3) is 3.27. The first kappa shape index (κ1) is 19.2. The molecule has 0 radical (unpaired) electrons. The summed E-state index contributed by atoms with van der Waals surface area (Å²) in [4.78, 5) is 4.03. The zero-order chi connectivity index (χ0) is 20.1. The van der Waals surface area contributed by atoms with E-state index in [1.807, 2.05) is 26.0 Å². The first-order chi connectivity index (χ1) is 13.3. The van der Waals surface area contributed by atoms with E-state index in [0.717, 1.165) is 24.0 Å². The molecule has 1 saturated heterocycles. The summed E-state index contributed by atoms with van der Waals surface area (Å²) in [6, 6.07) is 12.1. The Labute approximate surface area is 167 Å². The number of aromatic nitrogens is 1. The van der Waals surface area contributed by atoms with E-state index in [2.05, 4.69) is 37.0 Å². The Morgan fingerprint density at radius 2 is 1.57 bits per heavy atom. The van der Waals surface area contributed by atoms with Crippen LogP contribution < -0.4 is 0 Å². The third-order valence-electron chi connectivity index (χ3n) is 6.06. The Balaban J connectivity index is 1.56. The normalized spacial score (nSPS) is 16.7. The predicted molar refractivity (Wildman–Crippen MR) is 114 cm³/mol. The van der Waals surface area contributed by atoms with Gasteiger partial charge in [0.2, 0.25) is 10.0 Å². The summed E-state index contributed by atoms with van der Waals surface area (Å²) < 4.78 is 27.9. The number of hydrogen-bond acceptors (Lipinski definition) is 2. The fourth-order valence-electron chi connectivity index (χ4n) is 4.48. The Morgan fingerprint density at radius 1 is 0.929 bits per heavy atom. The molecule has 4 rings (SSSR count). The lowest BCUT2D eigenvalue weighted by Crippen LogP contribution is -2.38. The van der Waals surface area contributed by atoms with Gasteiger partial charge in [-0.2, -0.15) is 4.31 Å². The van der Waals surface area contributed by atoms with Crippen molar-refractivity contribution in [2.24, 2.45) is 0 Å². The first-order valence-electron chi connectivity index (χ1n) is 9.93. The molecular formula is C23H28N2O2S. The highest BCUT2D eigenvalue weighted by molar-refractivity contribution is 7.89. The van der Waals surface area contributed by atoms with Crippen LogP contribution in [0.15, 0.2) is 41.3 Å². The zero-order valence-electron chi connectivity index (χ0n) is 17.0. The Kier molecular flexibility index (Phi) is 4.84. The van der Waals surface area contributed by atoms with Crippen LogP contribution >= 0.6 is 0 Å². The van der Waals surface area contributed by atoms with Crippen LogP contribution in [-0.2, 0) is 10.0 Å². The van der Waals surface area contributed by atoms with Gasteiger partial charge >= 0.3 is 0 Å². The second-order valence-electron chi connectivity index (χ2n) is 8.16. The summed E-state index contributed by atoms with van der Waals surface area (Å²) in [5.74, 6) is 0.373. The van der Waals surface area contributed by atoms with Crippen LogP contribution in [-0.4, -0.2) is 30.8 Å². The minimum atomic E-state index is -3.43. The Bertz CT molecular complexity index is 1140. The highest BCUT2D eigenvalue weighted by Crippen LogP contribution is 2.35. The number of piperidine rings is 1. The molecule has 1 aromatic heterocycles. The molecule has 2 aromatic carbocycles. The van der Waals surface area contributed by atoms with Crippen LogP contribution in [0.3, 0.4) is 0 Å². The van der Waals surface area contributed by atoms with E-state index in [0.29, 0.717) is 23.9 Å². The van der Waals surface area contributed by atoms with Crippen LogP contribution in [0, 0.1) is 27.7 Å². The van der Waals surface area contributed by atoms with E-state index in [4.69, 9.17) is 0 Å². The maximum atomic E-state index is 13.1. The van der Waals surface area contributed by atoms with Gasteiger partial charge in [0.15, 0.2) is 0 Å². The van der Waals surface area contributed by atoms with E-state index < -0.39 is 10.0 Å². The molecule has 0 bridgehead atoms. The number of fused-ring (bicyclic) bond motifs is 1. The number of aromatic amines is 1. The molecular weight excluding hydrogens is 368 g/mol. The van der Waals surface area contributed by atoms with Crippen molar-refractivity contribution >= 4 is 20.9 Å². The molecule has 3 aromatic rings. The highest BCUT2D eigenvalue weighted by Gasteiger charge is 2.32. The topological polar surface area (TPSA) is 53.2 Å². The molecule has 1 aliphatic heterocycles. The summed E-state index contributed by atoms with van der Waals surface area (Å²) in [6.45, 7) is 9.28. The van der Waals surface area contributed by atoms with Crippen molar-refractivity contribution < 1.29 is 8.42 Å². The second kappa shape index (κ2) is 7.05. The molecule has 28 heavy (non-hydrogen) atoms. The molecule has 1 aliphatic rings. The van der Waals surface area contributed by atoms with Crippen molar-refractivity contribution in [3.8, 4) is 0 Å². The van der Waals surface area contributed by atoms with Gasteiger partial charge in [-0.25, -0.2) is 8.42 Å². The number of nitrogens with one attached hydrogen (secondary N) is 1. The molecule has 0 amide bonds. The van der Waals surface area contributed by atoms with Crippen molar-refractivity contribution in [2.75, 3.05) is 13.1 Å². The third-order valence-corrected chi connectivity index (χ3v) is 8.12. The van der Waals surface area contributed by atoms with Crippen molar-refractivity contribution in [1.82, 2.24) is 9.29 Å². The number of hydrogen-bond donors (Lipinski definition) is 1. The van der Waals surface area contributed by atoms with Gasteiger partial charge in [-0.1, -0.05) is 29.3 Å². The van der Waals surface area contributed by atoms with Gasteiger partial charge in [0.05, 0.1) is 4.90 Å². The van der Waals surface area contributed by atoms with E-state index in [1.165, 1.54) is 27.7 Å². The summed E-state index contributed by atoms with van der Waals surface area (Å²) >= 11 is 0. The van der Waals surface area contributed by atoms with Gasteiger partial charge in [-0.3, -0.25) is 0 Å². The largest absolute Gasteiger partial charge is 0.358 e. The number of sulfonamides is 1. The molecule has 1 N–H and O–H groups in total. The molecule has 0 atom stereocenters. The summed E-state index contributed by atoms with van der Waals surface area (Å²) in [7, 11) is -3.43. The number of rotatable bonds is 3. The maximum Gasteiger partial charge on any atom is 0.243 e. The summed E-state index contributed by atoms with van der Waals surface area (Å²) in [6.07, 6.45) is 1.69. The van der Waals surface area contributed by atoms with Crippen LogP contribution in [0.4, 0.5) is 0 Å². The molecule has 0 saturated carbocycles. The lowest BCUT2D eigenvalue weighted by atomic mass is 9.92. The standard InChI is InChI=1S/C23H28N2O2S/c1-15-6-8-22(17(3)13-15)28(26,27)25-11-9-19(10-12-25)23-18(4)20-14-16(2)5-7-21(20)24-23/h5-8,13-14,19,24H,9-12H2,1-4H3. The highest BCUT2D eigenvalue weighted by atomic mass is 32.2. The molecule has 0 unspecified atom stereocenters.